The molecule has 24 heavy (non-hydrogen) atoms. The molecule has 0 aliphatic rings. The third-order valence-corrected chi connectivity index (χ3v) is 4.65. The minimum atomic E-state index is 0.0948. The van der Waals surface area contributed by atoms with Crippen molar-refractivity contribution >= 4 is 17.2 Å². The summed E-state index contributed by atoms with van der Waals surface area (Å²) in [5.41, 5.74) is 3.13. The van der Waals surface area contributed by atoms with Gasteiger partial charge in [0, 0.05) is 37.2 Å². The van der Waals surface area contributed by atoms with Gasteiger partial charge in [0.25, 0.3) is 0 Å². The van der Waals surface area contributed by atoms with Gasteiger partial charge in [0.05, 0.1) is 18.4 Å². The zero-order chi connectivity index (χ0) is 16.9. The minimum absolute atomic E-state index is 0.0948. The van der Waals surface area contributed by atoms with E-state index in [1.54, 1.807) is 27.1 Å². The van der Waals surface area contributed by atoms with E-state index in [1.807, 2.05) is 55.9 Å². The number of carbonyl (C=O) groups is 1. The van der Waals surface area contributed by atoms with Gasteiger partial charge in [-0.05, 0) is 12.5 Å². The van der Waals surface area contributed by atoms with Gasteiger partial charge in [-0.2, -0.15) is 5.10 Å². The Bertz CT molecular complexity index is 809. The highest BCUT2D eigenvalue weighted by Crippen LogP contribution is 2.23. The minimum Gasteiger partial charge on any atom is -0.340 e. The van der Waals surface area contributed by atoms with Crippen LogP contribution in [-0.4, -0.2) is 32.6 Å². The molecule has 0 fully saturated rings. The lowest BCUT2D eigenvalue weighted by molar-refractivity contribution is -0.130. The molecule has 0 saturated heterocycles. The molecule has 0 unspecified atom stereocenters. The molecule has 2 aromatic heterocycles. The van der Waals surface area contributed by atoms with Gasteiger partial charge in [0.2, 0.25) is 5.91 Å². The number of benzene rings is 1. The SMILES string of the molecule is Cc1cnn(CCC(=O)N(C)Cc2csc(-c3ccccc3)n2)c1. The number of rotatable bonds is 6. The molecule has 0 atom stereocenters. The molecule has 0 aliphatic carbocycles. The van der Waals surface area contributed by atoms with Crippen LogP contribution in [0.4, 0.5) is 0 Å². The lowest BCUT2D eigenvalue weighted by atomic mass is 10.2. The second-order valence-corrected chi connectivity index (χ2v) is 6.65. The number of hydrogen-bond donors (Lipinski definition) is 0. The molecule has 2 heterocycles. The topological polar surface area (TPSA) is 51.0 Å². The monoisotopic (exact) mass is 340 g/mol. The molecule has 0 spiro atoms. The van der Waals surface area contributed by atoms with Crippen molar-refractivity contribution in [2.24, 2.45) is 0 Å². The van der Waals surface area contributed by atoms with E-state index < -0.39 is 0 Å². The Labute approximate surface area is 145 Å². The van der Waals surface area contributed by atoms with Crippen LogP contribution in [0, 0.1) is 6.92 Å². The Kier molecular flexibility index (Phi) is 5.05. The highest BCUT2D eigenvalue weighted by molar-refractivity contribution is 7.13. The number of aromatic nitrogens is 3. The lowest BCUT2D eigenvalue weighted by Gasteiger charge is -2.15. The maximum Gasteiger partial charge on any atom is 0.224 e. The van der Waals surface area contributed by atoms with Crippen LogP contribution in [0.2, 0.25) is 0 Å². The van der Waals surface area contributed by atoms with E-state index >= 15 is 0 Å². The summed E-state index contributed by atoms with van der Waals surface area (Å²) < 4.78 is 1.80. The van der Waals surface area contributed by atoms with Gasteiger partial charge in [-0.15, -0.1) is 11.3 Å². The van der Waals surface area contributed by atoms with Crippen molar-refractivity contribution in [3.63, 3.8) is 0 Å². The fourth-order valence-electron chi connectivity index (χ4n) is 2.41. The van der Waals surface area contributed by atoms with E-state index in [2.05, 4.69) is 10.1 Å². The first-order chi connectivity index (χ1) is 11.6. The van der Waals surface area contributed by atoms with Gasteiger partial charge in [-0.25, -0.2) is 4.98 Å². The smallest absolute Gasteiger partial charge is 0.224 e. The zero-order valence-electron chi connectivity index (χ0n) is 13.8. The van der Waals surface area contributed by atoms with Crippen LogP contribution in [0.5, 0.6) is 0 Å². The first kappa shape index (κ1) is 16.4. The first-order valence-corrected chi connectivity index (χ1v) is 8.72. The van der Waals surface area contributed by atoms with Crippen molar-refractivity contribution in [2.75, 3.05) is 7.05 Å². The predicted molar refractivity (Wildman–Crippen MR) is 95.6 cm³/mol. The summed E-state index contributed by atoms with van der Waals surface area (Å²) in [5, 5.41) is 7.20. The first-order valence-electron chi connectivity index (χ1n) is 7.84. The summed E-state index contributed by atoms with van der Waals surface area (Å²) in [7, 11) is 1.82. The third-order valence-electron chi connectivity index (χ3n) is 3.71. The van der Waals surface area contributed by atoms with Crippen LogP contribution < -0.4 is 0 Å². The number of nitrogens with zero attached hydrogens (tertiary/aromatic N) is 4. The van der Waals surface area contributed by atoms with Crippen molar-refractivity contribution in [1.29, 1.82) is 0 Å². The Hall–Kier alpha value is -2.47. The molecule has 1 aromatic carbocycles. The van der Waals surface area contributed by atoms with Crippen molar-refractivity contribution in [2.45, 2.75) is 26.4 Å². The maximum absolute atomic E-state index is 12.3. The van der Waals surface area contributed by atoms with Crippen LogP contribution in [0.15, 0.2) is 48.1 Å². The fraction of sp³-hybridized carbons (Fsp3) is 0.278. The van der Waals surface area contributed by atoms with E-state index in [4.69, 9.17) is 0 Å². The van der Waals surface area contributed by atoms with E-state index in [9.17, 15) is 4.79 Å². The van der Waals surface area contributed by atoms with Crippen molar-refractivity contribution in [3.8, 4) is 10.6 Å². The standard InChI is InChI=1S/C18H20N4OS/c1-14-10-19-22(11-14)9-8-17(23)21(2)12-16-13-24-18(20-16)15-6-4-3-5-7-15/h3-7,10-11,13H,8-9,12H2,1-2H3. The third kappa shape index (κ3) is 4.08. The van der Waals surface area contributed by atoms with Crippen LogP contribution >= 0.6 is 11.3 Å². The molecule has 3 aromatic rings. The Balaban J connectivity index is 1.55. The molecule has 0 saturated carbocycles. The molecule has 124 valence electrons. The van der Waals surface area contributed by atoms with Gasteiger partial charge in [0.15, 0.2) is 0 Å². The van der Waals surface area contributed by atoms with Crippen LogP contribution in [0.1, 0.15) is 17.7 Å². The Morgan fingerprint density at radius 3 is 2.79 bits per heavy atom. The van der Waals surface area contributed by atoms with Gasteiger partial charge in [0.1, 0.15) is 5.01 Å². The molecule has 0 N–H and O–H groups in total. The highest BCUT2D eigenvalue weighted by Gasteiger charge is 2.12. The molecule has 1 amide bonds. The molecule has 0 aliphatic heterocycles. The van der Waals surface area contributed by atoms with Gasteiger partial charge < -0.3 is 4.90 Å². The Morgan fingerprint density at radius 2 is 2.08 bits per heavy atom. The molecule has 3 rings (SSSR count). The molecule has 0 radical (unpaired) electrons. The molecular weight excluding hydrogens is 320 g/mol. The van der Waals surface area contributed by atoms with Gasteiger partial charge >= 0.3 is 0 Å². The quantitative estimate of drug-likeness (QED) is 0.691. The number of amides is 1. The van der Waals surface area contributed by atoms with E-state index in [0.717, 1.165) is 21.8 Å². The number of aryl methyl sites for hydroxylation is 2. The van der Waals surface area contributed by atoms with E-state index in [-0.39, 0.29) is 5.91 Å². The largest absolute Gasteiger partial charge is 0.340 e. The van der Waals surface area contributed by atoms with Crippen LogP contribution in [0.3, 0.4) is 0 Å². The highest BCUT2D eigenvalue weighted by atomic mass is 32.1. The summed E-state index contributed by atoms with van der Waals surface area (Å²) in [4.78, 5) is 18.6. The lowest BCUT2D eigenvalue weighted by Crippen LogP contribution is -2.27. The summed E-state index contributed by atoms with van der Waals surface area (Å²) in [6.07, 6.45) is 4.18. The molecule has 6 heteroatoms. The predicted octanol–water partition coefficient (Wildman–Crippen LogP) is 3.36. The van der Waals surface area contributed by atoms with Crippen molar-refractivity contribution in [1.82, 2.24) is 19.7 Å². The summed E-state index contributed by atoms with van der Waals surface area (Å²) in [6.45, 7) is 3.12. The van der Waals surface area contributed by atoms with Crippen molar-refractivity contribution < 1.29 is 4.79 Å². The second-order valence-electron chi connectivity index (χ2n) is 5.79. The Morgan fingerprint density at radius 1 is 1.29 bits per heavy atom. The molecule has 5 nitrogen and oxygen atoms in total. The molecule has 0 bridgehead atoms. The van der Waals surface area contributed by atoms with Crippen LogP contribution in [0.25, 0.3) is 10.6 Å². The average Bonchev–Trinajstić information content (AvgIpc) is 3.22. The van der Waals surface area contributed by atoms with Gasteiger partial charge in [-0.1, -0.05) is 30.3 Å². The number of carbonyl (C=O) groups excluding carboxylic acids is 1. The second kappa shape index (κ2) is 7.40. The van der Waals surface area contributed by atoms with Crippen molar-refractivity contribution in [3.05, 3.63) is 59.4 Å². The fourth-order valence-corrected chi connectivity index (χ4v) is 3.23. The average molecular weight is 340 g/mol. The van der Waals surface area contributed by atoms with E-state index in [0.29, 0.717) is 19.5 Å². The maximum atomic E-state index is 12.3. The van der Waals surface area contributed by atoms with Gasteiger partial charge in [-0.3, -0.25) is 9.48 Å². The summed E-state index contributed by atoms with van der Waals surface area (Å²) in [6, 6.07) is 10.1. The summed E-state index contributed by atoms with van der Waals surface area (Å²) >= 11 is 1.61. The molecular formula is C18H20N4OS. The number of thiazole rings is 1. The summed E-state index contributed by atoms with van der Waals surface area (Å²) in [5.74, 6) is 0.0948. The normalized spacial score (nSPS) is 10.8. The number of hydrogen-bond acceptors (Lipinski definition) is 4. The zero-order valence-corrected chi connectivity index (χ0v) is 14.7. The van der Waals surface area contributed by atoms with E-state index in [1.165, 1.54) is 0 Å². The van der Waals surface area contributed by atoms with Crippen LogP contribution in [-0.2, 0) is 17.9 Å².